The van der Waals surface area contributed by atoms with Gasteiger partial charge in [-0.15, -0.1) is 0 Å². The van der Waals surface area contributed by atoms with Crippen LogP contribution in [0.1, 0.15) is 290 Å². The van der Waals surface area contributed by atoms with Crippen molar-refractivity contribution in [1.29, 1.82) is 0 Å². The Kier molecular flexibility index (Phi) is 63.1. The Morgan fingerprint density at radius 1 is 0.236 bits per heavy atom. The number of hydrogen-bond acceptors (Lipinski definition) is 3. The van der Waals surface area contributed by atoms with E-state index in [1.165, 1.54) is 212 Å². The number of hydrogen-bond donors (Lipinski definition) is 3. The maximum atomic E-state index is 10.3. The molecule has 0 saturated carbocycles. The average molecular weight is 821 g/mol. The van der Waals surface area contributed by atoms with Crippen LogP contribution in [0, 0.1) is 0 Å². The molecule has 0 unspecified atom stereocenters. The second-order valence-electron chi connectivity index (χ2n) is 16.2. The Labute approximate surface area is 354 Å². The molecule has 0 spiro atoms. The summed E-state index contributed by atoms with van der Waals surface area (Å²) in [5.74, 6) is -1.96. The zero-order valence-electron chi connectivity index (χ0n) is 37.2. The normalized spacial score (nSPS) is 10.5. The number of aliphatic carboxylic acids is 3. The molecule has 0 saturated heterocycles. The molecule has 0 rings (SSSR count). The van der Waals surface area contributed by atoms with E-state index in [4.69, 9.17) is 15.3 Å². The van der Waals surface area contributed by atoms with Crippen LogP contribution < -0.4 is 0 Å². The SMILES string of the molecule is CCCCCCCCCCCCCCCC(=O)O.CCCCCCCCCCCCCCCC(=O)O.CCCCCCCCCCCCCCCC(=O)O.[Cr]. The van der Waals surface area contributed by atoms with Crippen molar-refractivity contribution in [3.8, 4) is 0 Å². The Hall–Kier alpha value is -1.06. The van der Waals surface area contributed by atoms with Crippen LogP contribution in [0.3, 0.4) is 0 Å². The first-order valence-electron chi connectivity index (χ1n) is 24.0. The second kappa shape index (κ2) is 57.3. The van der Waals surface area contributed by atoms with Gasteiger partial charge in [-0.25, -0.2) is 0 Å². The molecule has 0 aliphatic carbocycles. The van der Waals surface area contributed by atoms with E-state index < -0.39 is 17.9 Å². The van der Waals surface area contributed by atoms with Crippen molar-refractivity contribution in [1.82, 2.24) is 0 Å². The van der Waals surface area contributed by atoms with E-state index in [-0.39, 0.29) is 17.4 Å². The maximum Gasteiger partial charge on any atom is 0.303 e. The van der Waals surface area contributed by atoms with Gasteiger partial charge in [-0.05, 0) is 19.3 Å². The standard InChI is InChI=1S/3C16H32O2.Cr/c3*1-2-3-4-5-6-7-8-9-10-11-12-13-14-15-16(17)18;/h3*2-15H2,1H3,(H,17,18);. The van der Waals surface area contributed by atoms with E-state index >= 15 is 0 Å². The van der Waals surface area contributed by atoms with Gasteiger partial charge in [0.15, 0.2) is 0 Å². The predicted molar refractivity (Wildman–Crippen MR) is 234 cm³/mol. The first-order chi connectivity index (χ1) is 26.3. The van der Waals surface area contributed by atoms with Gasteiger partial charge in [0.1, 0.15) is 0 Å². The van der Waals surface area contributed by atoms with Crippen LogP contribution in [-0.2, 0) is 31.7 Å². The minimum Gasteiger partial charge on any atom is -0.481 e. The van der Waals surface area contributed by atoms with Crippen LogP contribution in [0.25, 0.3) is 0 Å². The Balaban J connectivity index is -0.000000351. The molecule has 0 aromatic heterocycles. The maximum absolute atomic E-state index is 10.3. The minimum absolute atomic E-state index is 0. The van der Waals surface area contributed by atoms with Crippen LogP contribution >= 0.6 is 0 Å². The van der Waals surface area contributed by atoms with Crippen molar-refractivity contribution in [2.24, 2.45) is 0 Å². The molecule has 0 atom stereocenters. The van der Waals surface area contributed by atoms with Crippen molar-refractivity contribution in [2.45, 2.75) is 290 Å². The molecular formula is C48H96CrO6. The fourth-order valence-electron chi connectivity index (χ4n) is 6.88. The molecule has 0 aromatic carbocycles. The summed E-state index contributed by atoms with van der Waals surface area (Å²) in [6.45, 7) is 6.78. The summed E-state index contributed by atoms with van der Waals surface area (Å²) in [6, 6.07) is 0. The van der Waals surface area contributed by atoms with Crippen molar-refractivity contribution >= 4 is 17.9 Å². The van der Waals surface area contributed by atoms with Gasteiger partial charge in [-0.3, -0.25) is 14.4 Å². The molecule has 0 bridgehead atoms. The largest absolute Gasteiger partial charge is 0.481 e. The van der Waals surface area contributed by atoms with Gasteiger partial charge in [0, 0.05) is 36.6 Å². The van der Waals surface area contributed by atoms with Crippen LogP contribution in [0.5, 0.6) is 0 Å². The fraction of sp³-hybridized carbons (Fsp3) is 0.938. The first kappa shape index (κ1) is 60.6. The summed E-state index contributed by atoms with van der Waals surface area (Å²) in [4.78, 5) is 30.9. The first-order valence-corrected chi connectivity index (χ1v) is 24.0. The molecule has 7 heteroatoms. The summed E-state index contributed by atoms with van der Waals surface area (Å²) in [6.07, 6.45) is 51.8. The molecule has 330 valence electrons. The van der Waals surface area contributed by atoms with Gasteiger partial charge in [-0.1, -0.05) is 252 Å². The third-order valence-corrected chi connectivity index (χ3v) is 10.5. The van der Waals surface area contributed by atoms with E-state index in [0.717, 1.165) is 38.5 Å². The monoisotopic (exact) mass is 821 g/mol. The molecular weight excluding hydrogens is 725 g/mol. The van der Waals surface area contributed by atoms with E-state index in [0.29, 0.717) is 19.3 Å². The summed E-state index contributed by atoms with van der Waals surface area (Å²) in [5, 5.41) is 25.5. The van der Waals surface area contributed by atoms with Crippen molar-refractivity contribution in [2.75, 3.05) is 0 Å². The Bertz CT molecular complexity index is 636. The van der Waals surface area contributed by atoms with E-state index in [1.807, 2.05) is 0 Å². The van der Waals surface area contributed by atoms with Gasteiger partial charge < -0.3 is 15.3 Å². The van der Waals surface area contributed by atoms with Crippen LogP contribution in [0.2, 0.25) is 0 Å². The molecule has 6 nitrogen and oxygen atoms in total. The minimum atomic E-state index is -0.655. The molecule has 0 heterocycles. The van der Waals surface area contributed by atoms with Crippen molar-refractivity contribution in [3.63, 3.8) is 0 Å². The molecule has 3 N–H and O–H groups in total. The fourth-order valence-corrected chi connectivity index (χ4v) is 6.88. The van der Waals surface area contributed by atoms with Gasteiger partial charge in [0.25, 0.3) is 0 Å². The molecule has 0 aliphatic rings. The smallest absolute Gasteiger partial charge is 0.303 e. The van der Waals surface area contributed by atoms with Crippen LogP contribution in [0.4, 0.5) is 0 Å². The molecule has 0 radical (unpaired) electrons. The molecule has 0 aliphatic heterocycles. The molecule has 0 amide bonds. The molecule has 55 heavy (non-hydrogen) atoms. The topological polar surface area (TPSA) is 112 Å². The van der Waals surface area contributed by atoms with E-state index in [2.05, 4.69) is 20.8 Å². The van der Waals surface area contributed by atoms with Crippen molar-refractivity contribution < 1.29 is 47.1 Å². The van der Waals surface area contributed by atoms with Crippen LogP contribution in [-0.4, -0.2) is 33.2 Å². The Morgan fingerprint density at radius 3 is 0.455 bits per heavy atom. The Morgan fingerprint density at radius 2 is 0.345 bits per heavy atom. The third kappa shape index (κ3) is 71.2. The summed E-state index contributed by atoms with van der Waals surface area (Å²) >= 11 is 0. The molecule has 0 fully saturated rings. The van der Waals surface area contributed by atoms with E-state index in [1.54, 1.807) is 0 Å². The number of unbranched alkanes of at least 4 members (excludes halogenated alkanes) is 36. The van der Waals surface area contributed by atoms with Gasteiger partial charge in [-0.2, -0.15) is 0 Å². The number of carboxylic acid groups (broad SMARTS) is 3. The second-order valence-corrected chi connectivity index (χ2v) is 16.2. The summed E-state index contributed by atoms with van der Waals surface area (Å²) < 4.78 is 0. The number of carboxylic acids is 3. The number of carbonyl (C=O) groups is 3. The quantitative estimate of drug-likeness (QED) is 0.0529. The van der Waals surface area contributed by atoms with Gasteiger partial charge >= 0.3 is 17.9 Å². The third-order valence-electron chi connectivity index (χ3n) is 10.5. The van der Waals surface area contributed by atoms with Crippen molar-refractivity contribution in [3.05, 3.63) is 0 Å². The number of rotatable bonds is 42. The molecule has 0 aromatic rings. The predicted octanol–water partition coefficient (Wildman–Crippen LogP) is 16.7. The summed E-state index contributed by atoms with van der Waals surface area (Å²) in [5.41, 5.74) is 0. The van der Waals surface area contributed by atoms with Gasteiger partial charge in [0.2, 0.25) is 0 Å². The van der Waals surface area contributed by atoms with E-state index in [9.17, 15) is 14.4 Å². The zero-order chi connectivity index (χ0) is 40.4. The zero-order valence-corrected chi connectivity index (χ0v) is 38.4. The summed E-state index contributed by atoms with van der Waals surface area (Å²) in [7, 11) is 0. The average Bonchev–Trinajstić information content (AvgIpc) is 3.14. The van der Waals surface area contributed by atoms with Crippen LogP contribution in [0.15, 0.2) is 0 Å². The van der Waals surface area contributed by atoms with Gasteiger partial charge in [0.05, 0.1) is 0 Å².